The lowest BCUT2D eigenvalue weighted by molar-refractivity contribution is -0.0463. The van der Waals surface area contributed by atoms with Crippen LogP contribution in [0.1, 0.15) is 43.7 Å². The van der Waals surface area contributed by atoms with Gasteiger partial charge in [0.1, 0.15) is 11.6 Å². The Labute approximate surface area is 213 Å². The lowest BCUT2D eigenvalue weighted by Gasteiger charge is -2.44. The monoisotopic (exact) mass is 508 g/mol. The molecule has 0 saturated heterocycles. The highest BCUT2D eigenvalue weighted by atomic mass is 19.1. The van der Waals surface area contributed by atoms with Gasteiger partial charge in [0.05, 0.1) is 47.1 Å². The Hall–Kier alpha value is -3.47. The number of benzene rings is 1. The van der Waals surface area contributed by atoms with E-state index in [1.165, 1.54) is 23.8 Å². The van der Waals surface area contributed by atoms with Gasteiger partial charge in [0, 0.05) is 19.3 Å². The van der Waals surface area contributed by atoms with Crippen LogP contribution in [-0.4, -0.2) is 43.4 Å². The topological polar surface area (TPSA) is 111 Å². The number of aliphatic hydroxyl groups is 1. The van der Waals surface area contributed by atoms with Gasteiger partial charge in [-0.1, -0.05) is 6.92 Å². The van der Waals surface area contributed by atoms with Crippen LogP contribution in [0.2, 0.25) is 0 Å². The van der Waals surface area contributed by atoms with Gasteiger partial charge in [-0.15, -0.1) is 0 Å². The molecular weight excluding hydrogens is 478 g/mol. The van der Waals surface area contributed by atoms with Crippen molar-refractivity contribution >= 4 is 17.2 Å². The molecule has 1 saturated carbocycles. The molecule has 0 bridgehead atoms. The fourth-order valence-corrected chi connectivity index (χ4v) is 5.13. The van der Waals surface area contributed by atoms with Gasteiger partial charge in [-0.05, 0) is 73.1 Å². The van der Waals surface area contributed by atoms with Crippen molar-refractivity contribution in [3.05, 3.63) is 71.7 Å². The zero-order chi connectivity index (χ0) is 26.3. The van der Waals surface area contributed by atoms with Crippen LogP contribution in [0.25, 0.3) is 16.8 Å². The quantitative estimate of drug-likeness (QED) is 0.350. The van der Waals surface area contributed by atoms with Crippen molar-refractivity contribution in [3.63, 3.8) is 0 Å². The number of imidazole rings is 1. The first kappa shape index (κ1) is 25.2. The van der Waals surface area contributed by atoms with E-state index in [-0.39, 0.29) is 35.7 Å². The van der Waals surface area contributed by atoms with Crippen LogP contribution in [0.3, 0.4) is 0 Å². The number of nitrogens with zero attached hydrogens (tertiary/aromatic N) is 4. The maximum atomic E-state index is 14.9. The molecule has 3 aromatic heterocycles. The highest BCUT2D eigenvalue weighted by Crippen LogP contribution is 2.43. The van der Waals surface area contributed by atoms with Crippen LogP contribution < -0.4 is 11.1 Å². The van der Waals surface area contributed by atoms with Crippen molar-refractivity contribution in [3.8, 4) is 11.3 Å². The summed E-state index contributed by atoms with van der Waals surface area (Å²) in [6.07, 6.45) is 6.44. The van der Waals surface area contributed by atoms with Gasteiger partial charge >= 0.3 is 0 Å². The van der Waals surface area contributed by atoms with Gasteiger partial charge in [-0.25, -0.2) is 13.8 Å². The molecule has 4 aromatic rings. The average molecular weight is 509 g/mol. The van der Waals surface area contributed by atoms with E-state index in [1.807, 2.05) is 13.0 Å². The van der Waals surface area contributed by atoms with Crippen LogP contribution in [-0.2, 0) is 11.3 Å². The van der Waals surface area contributed by atoms with Crippen molar-refractivity contribution in [2.45, 2.75) is 50.9 Å². The SMILES string of the molecule is COCc1cc(F)c(-c2ccc3cnc(Nc4cnccc4[C@H]4C[C@@H](N)[C@](C)(O)[C@@H](C)C4)n3n2)c(F)c1. The molecule has 37 heavy (non-hydrogen) atoms. The fraction of sp³-hybridized carbons (Fsp3) is 0.370. The standard InChI is InChI=1S/C27H30F2N6O2/c1-15-8-17(11-24(30)27(15,2)36)19-6-7-31-13-23(19)33-26-32-12-18-4-5-22(34-35(18)26)25-20(28)9-16(14-37-3)10-21(25)29/h4-7,9-10,12-13,15,17,24,36H,8,11,14,30H2,1-3H3,(H,32,33)/t15-,17+,24+,27+/m0/s1. The van der Waals surface area contributed by atoms with Gasteiger partial charge in [0.25, 0.3) is 0 Å². The number of aromatic nitrogens is 4. The first-order valence-corrected chi connectivity index (χ1v) is 12.2. The van der Waals surface area contributed by atoms with Crippen LogP contribution in [0.4, 0.5) is 20.4 Å². The van der Waals surface area contributed by atoms with Crippen molar-refractivity contribution in [1.82, 2.24) is 19.6 Å². The number of rotatable bonds is 6. The molecular formula is C27H30F2N6O2. The number of hydrogen-bond acceptors (Lipinski definition) is 7. The maximum absolute atomic E-state index is 14.9. The molecule has 4 atom stereocenters. The Kier molecular flexibility index (Phi) is 6.65. The number of anilines is 2. The third-order valence-corrected chi connectivity index (χ3v) is 7.52. The third kappa shape index (κ3) is 4.68. The molecule has 0 radical (unpaired) electrons. The van der Waals surface area contributed by atoms with E-state index >= 15 is 0 Å². The Balaban J connectivity index is 1.49. The van der Waals surface area contributed by atoms with Gasteiger partial charge in [-0.3, -0.25) is 4.98 Å². The number of halogens is 2. The molecule has 1 aliphatic rings. The molecule has 194 valence electrons. The van der Waals surface area contributed by atoms with E-state index in [1.54, 1.807) is 37.6 Å². The summed E-state index contributed by atoms with van der Waals surface area (Å²) in [5.74, 6) is -0.940. The molecule has 0 amide bonds. The molecule has 1 aromatic carbocycles. The predicted octanol–water partition coefficient (Wildman–Crippen LogP) is 4.55. The number of hydrogen-bond donors (Lipinski definition) is 3. The largest absolute Gasteiger partial charge is 0.388 e. The zero-order valence-electron chi connectivity index (χ0n) is 20.9. The maximum Gasteiger partial charge on any atom is 0.229 e. The number of methoxy groups -OCH3 is 1. The second-order valence-electron chi connectivity index (χ2n) is 9.99. The van der Waals surface area contributed by atoms with Crippen LogP contribution in [0, 0.1) is 17.6 Å². The lowest BCUT2D eigenvalue weighted by Crippen LogP contribution is -2.54. The molecule has 10 heteroatoms. The Bertz CT molecular complexity index is 1400. The number of pyridine rings is 1. The van der Waals surface area contributed by atoms with E-state index in [0.29, 0.717) is 23.4 Å². The minimum Gasteiger partial charge on any atom is -0.388 e. The summed E-state index contributed by atoms with van der Waals surface area (Å²) in [6.45, 7) is 3.90. The van der Waals surface area contributed by atoms with E-state index in [9.17, 15) is 13.9 Å². The molecule has 1 aliphatic carbocycles. The van der Waals surface area contributed by atoms with Crippen molar-refractivity contribution in [2.24, 2.45) is 11.7 Å². The normalized spacial score (nSPS) is 23.9. The summed E-state index contributed by atoms with van der Waals surface area (Å²) >= 11 is 0. The van der Waals surface area contributed by atoms with Gasteiger partial charge < -0.3 is 20.9 Å². The molecule has 1 fully saturated rings. The van der Waals surface area contributed by atoms with Gasteiger partial charge in [0.2, 0.25) is 5.95 Å². The van der Waals surface area contributed by atoms with E-state index < -0.39 is 17.2 Å². The van der Waals surface area contributed by atoms with Crippen LogP contribution in [0.5, 0.6) is 0 Å². The van der Waals surface area contributed by atoms with Gasteiger partial charge in [0.15, 0.2) is 0 Å². The van der Waals surface area contributed by atoms with Crippen molar-refractivity contribution in [1.29, 1.82) is 0 Å². The number of ether oxygens (including phenoxy) is 1. The molecule has 0 spiro atoms. The fourth-order valence-electron chi connectivity index (χ4n) is 5.13. The summed E-state index contributed by atoms with van der Waals surface area (Å²) in [5.41, 5.74) is 8.10. The molecule has 8 nitrogen and oxygen atoms in total. The van der Waals surface area contributed by atoms with E-state index in [4.69, 9.17) is 10.5 Å². The minimum atomic E-state index is -0.928. The Morgan fingerprint density at radius 3 is 2.65 bits per heavy atom. The highest BCUT2D eigenvalue weighted by Gasteiger charge is 2.42. The molecule has 0 aliphatic heterocycles. The summed E-state index contributed by atoms with van der Waals surface area (Å²) in [4.78, 5) is 8.71. The van der Waals surface area contributed by atoms with Crippen molar-refractivity contribution < 1.29 is 18.6 Å². The van der Waals surface area contributed by atoms with Gasteiger partial charge in [-0.2, -0.15) is 9.61 Å². The second-order valence-corrected chi connectivity index (χ2v) is 9.99. The summed E-state index contributed by atoms with van der Waals surface area (Å²) in [6, 6.07) is 7.33. The number of nitrogens with one attached hydrogen (secondary N) is 1. The minimum absolute atomic E-state index is 0.0128. The first-order chi connectivity index (χ1) is 17.7. The zero-order valence-corrected chi connectivity index (χ0v) is 20.9. The predicted molar refractivity (Wildman–Crippen MR) is 136 cm³/mol. The smallest absolute Gasteiger partial charge is 0.229 e. The molecule has 0 unspecified atom stereocenters. The molecule has 4 N–H and O–H groups in total. The first-order valence-electron chi connectivity index (χ1n) is 12.2. The molecule has 5 rings (SSSR count). The lowest BCUT2D eigenvalue weighted by atomic mass is 9.68. The van der Waals surface area contributed by atoms with E-state index in [0.717, 1.165) is 17.7 Å². The van der Waals surface area contributed by atoms with Crippen molar-refractivity contribution in [2.75, 3.05) is 12.4 Å². The second kappa shape index (κ2) is 9.77. The summed E-state index contributed by atoms with van der Waals surface area (Å²) in [5, 5.41) is 18.5. The number of nitrogens with two attached hydrogens (primary N) is 1. The Morgan fingerprint density at radius 2 is 1.95 bits per heavy atom. The summed E-state index contributed by atoms with van der Waals surface area (Å²) < 4.78 is 36.2. The Morgan fingerprint density at radius 1 is 1.19 bits per heavy atom. The molecule has 3 heterocycles. The summed E-state index contributed by atoms with van der Waals surface area (Å²) in [7, 11) is 1.47. The van der Waals surface area contributed by atoms with Crippen LogP contribution >= 0.6 is 0 Å². The van der Waals surface area contributed by atoms with Crippen LogP contribution in [0.15, 0.2) is 48.9 Å². The number of fused-ring (bicyclic) bond motifs is 1. The van der Waals surface area contributed by atoms with E-state index in [2.05, 4.69) is 20.4 Å². The average Bonchev–Trinajstić information content (AvgIpc) is 3.25. The third-order valence-electron chi connectivity index (χ3n) is 7.52. The highest BCUT2D eigenvalue weighted by molar-refractivity contribution is 5.66.